The highest BCUT2D eigenvalue weighted by Gasteiger charge is 2.43. The molecule has 0 aliphatic carbocycles. The summed E-state index contributed by atoms with van der Waals surface area (Å²) in [6.07, 6.45) is 2.23. The summed E-state index contributed by atoms with van der Waals surface area (Å²) in [5.74, 6) is 0.768. The lowest BCUT2D eigenvalue weighted by molar-refractivity contribution is 0.199. The van der Waals surface area contributed by atoms with Crippen molar-refractivity contribution >= 4 is 6.03 Å². The van der Waals surface area contributed by atoms with Gasteiger partial charge in [-0.25, -0.2) is 14.2 Å². The van der Waals surface area contributed by atoms with E-state index in [0.29, 0.717) is 11.6 Å². The van der Waals surface area contributed by atoms with Crippen LogP contribution in [0, 0.1) is 11.2 Å². The minimum absolute atomic E-state index is 0.0591. The molecule has 1 unspecified atom stereocenters. The van der Waals surface area contributed by atoms with Crippen molar-refractivity contribution in [3.8, 4) is 11.4 Å². The SMILES string of the molecule is CN1CCC2(CCN(C(=O)NCc3nc(-c4ccc(F)cc4)n[nH]3)C2)C1. The summed E-state index contributed by atoms with van der Waals surface area (Å²) in [7, 11) is 2.14. The Morgan fingerprint density at radius 3 is 2.77 bits per heavy atom. The molecule has 1 aromatic carbocycles. The number of nitrogens with one attached hydrogen (secondary N) is 2. The van der Waals surface area contributed by atoms with E-state index in [0.717, 1.165) is 44.6 Å². The maximum absolute atomic E-state index is 13.0. The van der Waals surface area contributed by atoms with Crippen molar-refractivity contribution in [1.82, 2.24) is 30.3 Å². The van der Waals surface area contributed by atoms with E-state index in [1.165, 1.54) is 12.1 Å². The third-order valence-electron chi connectivity index (χ3n) is 5.40. The third-order valence-corrected chi connectivity index (χ3v) is 5.40. The summed E-state index contributed by atoms with van der Waals surface area (Å²) in [6, 6.07) is 5.94. The number of likely N-dealkylation sites (tertiary alicyclic amines) is 2. The highest BCUT2D eigenvalue weighted by Crippen LogP contribution is 2.38. The van der Waals surface area contributed by atoms with Crippen molar-refractivity contribution in [1.29, 1.82) is 0 Å². The molecular formula is C18H23FN6O. The van der Waals surface area contributed by atoms with Gasteiger partial charge in [0.25, 0.3) is 0 Å². The zero-order valence-electron chi connectivity index (χ0n) is 14.8. The van der Waals surface area contributed by atoms with E-state index in [1.807, 2.05) is 4.90 Å². The number of halogens is 1. The normalized spacial score (nSPS) is 23.1. The molecule has 2 aromatic rings. The molecule has 8 heteroatoms. The van der Waals surface area contributed by atoms with Crippen LogP contribution in [0.25, 0.3) is 11.4 Å². The number of carbonyl (C=O) groups is 1. The van der Waals surface area contributed by atoms with E-state index < -0.39 is 0 Å². The second-order valence-electron chi connectivity index (χ2n) is 7.43. The fourth-order valence-corrected chi connectivity index (χ4v) is 3.97. The molecule has 2 amide bonds. The van der Waals surface area contributed by atoms with Crippen LogP contribution in [0.4, 0.5) is 9.18 Å². The minimum atomic E-state index is -0.298. The quantitative estimate of drug-likeness (QED) is 0.878. The summed E-state index contributed by atoms with van der Waals surface area (Å²) in [5, 5.41) is 9.87. The Labute approximate surface area is 151 Å². The Morgan fingerprint density at radius 1 is 1.27 bits per heavy atom. The van der Waals surface area contributed by atoms with Gasteiger partial charge in [-0.2, -0.15) is 5.10 Å². The molecule has 1 spiro atoms. The lowest BCUT2D eigenvalue weighted by Gasteiger charge is -2.23. The van der Waals surface area contributed by atoms with Crippen LogP contribution >= 0.6 is 0 Å². The molecule has 2 aliphatic rings. The first-order valence-electron chi connectivity index (χ1n) is 8.92. The van der Waals surface area contributed by atoms with Crippen LogP contribution in [0.3, 0.4) is 0 Å². The number of hydrogen-bond acceptors (Lipinski definition) is 4. The van der Waals surface area contributed by atoms with Gasteiger partial charge in [0.2, 0.25) is 0 Å². The van der Waals surface area contributed by atoms with Gasteiger partial charge in [0.1, 0.15) is 11.6 Å². The molecule has 138 valence electrons. The molecule has 2 fully saturated rings. The van der Waals surface area contributed by atoms with Gasteiger partial charge in [-0.3, -0.25) is 5.10 Å². The molecule has 2 N–H and O–H groups in total. The van der Waals surface area contributed by atoms with Crippen LogP contribution in [0.2, 0.25) is 0 Å². The number of carbonyl (C=O) groups excluding carboxylic acids is 1. The summed E-state index contributed by atoms with van der Waals surface area (Å²) in [5.41, 5.74) is 1.00. The Bertz CT molecular complexity index is 791. The van der Waals surface area contributed by atoms with Gasteiger partial charge in [-0.15, -0.1) is 0 Å². The predicted molar refractivity (Wildman–Crippen MR) is 94.7 cm³/mol. The summed E-state index contributed by atoms with van der Waals surface area (Å²) < 4.78 is 13.0. The number of H-pyrrole nitrogens is 1. The number of nitrogens with zero attached hydrogens (tertiary/aromatic N) is 4. The molecule has 0 saturated carbocycles. The fraction of sp³-hybridized carbons (Fsp3) is 0.500. The highest BCUT2D eigenvalue weighted by molar-refractivity contribution is 5.74. The molecule has 4 rings (SSSR count). The van der Waals surface area contributed by atoms with E-state index in [1.54, 1.807) is 12.1 Å². The largest absolute Gasteiger partial charge is 0.331 e. The third kappa shape index (κ3) is 3.41. The van der Waals surface area contributed by atoms with Gasteiger partial charge in [0.15, 0.2) is 5.82 Å². The number of amides is 2. The maximum atomic E-state index is 13.0. The van der Waals surface area contributed by atoms with Crippen molar-refractivity contribution in [3.63, 3.8) is 0 Å². The number of hydrogen-bond donors (Lipinski definition) is 2. The van der Waals surface area contributed by atoms with E-state index in [9.17, 15) is 9.18 Å². The van der Waals surface area contributed by atoms with Crippen LogP contribution in [0.1, 0.15) is 18.7 Å². The first-order valence-corrected chi connectivity index (χ1v) is 8.92. The summed E-state index contributed by atoms with van der Waals surface area (Å²) >= 11 is 0. The number of aromatic amines is 1. The smallest absolute Gasteiger partial charge is 0.317 e. The summed E-state index contributed by atoms with van der Waals surface area (Å²) in [6.45, 7) is 4.09. The monoisotopic (exact) mass is 358 g/mol. The Balaban J connectivity index is 1.32. The minimum Gasteiger partial charge on any atom is -0.331 e. The number of rotatable bonds is 3. The molecular weight excluding hydrogens is 335 g/mol. The van der Waals surface area contributed by atoms with E-state index in [2.05, 4.69) is 32.4 Å². The summed E-state index contributed by atoms with van der Waals surface area (Å²) in [4.78, 5) is 21.1. The molecule has 0 bridgehead atoms. The van der Waals surface area contributed by atoms with Gasteiger partial charge in [0, 0.05) is 30.6 Å². The molecule has 1 atom stereocenters. The standard InChI is InChI=1S/C18H23FN6O/c1-24-8-6-18(11-24)7-9-25(12-18)17(26)20-10-15-21-16(23-22-15)13-2-4-14(19)5-3-13/h2-5H,6-12H2,1H3,(H,20,26)(H,21,22,23). The van der Waals surface area contributed by atoms with E-state index >= 15 is 0 Å². The van der Waals surface area contributed by atoms with Gasteiger partial charge in [-0.1, -0.05) is 0 Å². The van der Waals surface area contributed by atoms with Crippen molar-refractivity contribution in [2.24, 2.45) is 5.41 Å². The second kappa shape index (κ2) is 6.68. The van der Waals surface area contributed by atoms with Gasteiger partial charge < -0.3 is 15.1 Å². The Kier molecular flexibility index (Phi) is 4.36. The van der Waals surface area contributed by atoms with Gasteiger partial charge >= 0.3 is 6.03 Å². The van der Waals surface area contributed by atoms with Crippen LogP contribution in [-0.2, 0) is 6.54 Å². The Morgan fingerprint density at radius 2 is 2.04 bits per heavy atom. The average molecular weight is 358 g/mol. The second-order valence-corrected chi connectivity index (χ2v) is 7.43. The van der Waals surface area contributed by atoms with E-state index in [4.69, 9.17) is 0 Å². The van der Waals surface area contributed by atoms with Crippen LogP contribution < -0.4 is 5.32 Å². The van der Waals surface area contributed by atoms with Crippen molar-refractivity contribution in [3.05, 3.63) is 35.9 Å². The van der Waals surface area contributed by atoms with Crippen LogP contribution in [-0.4, -0.2) is 64.2 Å². The lowest BCUT2D eigenvalue weighted by Crippen LogP contribution is -2.40. The predicted octanol–water partition coefficient (Wildman–Crippen LogP) is 1.85. The lowest BCUT2D eigenvalue weighted by atomic mass is 9.86. The number of urea groups is 1. The molecule has 1 aromatic heterocycles. The van der Waals surface area contributed by atoms with Crippen molar-refractivity contribution in [2.45, 2.75) is 19.4 Å². The fourth-order valence-electron chi connectivity index (χ4n) is 3.97. The van der Waals surface area contributed by atoms with Crippen molar-refractivity contribution < 1.29 is 9.18 Å². The number of aromatic nitrogens is 3. The van der Waals surface area contributed by atoms with Crippen LogP contribution in [0.5, 0.6) is 0 Å². The Hall–Kier alpha value is -2.48. The first-order chi connectivity index (χ1) is 12.5. The molecule has 2 saturated heterocycles. The first kappa shape index (κ1) is 17.0. The van der Waals surface area contributed by atoms with Gasteiger partial charge in [0.05, 0.1) is 6.54 Å². The molecule has 26 heavy (non-hydrogen) atoms. The molecule has 0 radical (unpaired) electrons. The maximum Gasteiger partial charge on any atom is 0.317 e. The van der Waals surface area contributed by atoms with Crippen LogP contribution in [0.15, 0.2) is 24.3 Å². The zero-order valence-corrected chi connectivity index (χ0v) is 14.8. The molecule has 2 aliphatic heterocycles. The van der Waals surface area contributed by atoms with Crippen molar-refractivity contribution in [2.75, 3.05) is 33.2 Å². The highest BCUT2D eigenvalue weighted by atomic mass is 19.1. The number of benzene rings is 1. The average Bonchev–Trinajstić information content (AvgIpc) is 3.35. The van der Waals surface area contributed by atoms with Gasteiger partial charge in [-0.05, 0) is 50.7 Å². The zero-order chi connectivity index (χ0) is 18.1. The molecule has 7 nitrogen and oxygen atoms in total. The molecule has 3 heterocycles. The topological polar surface area (TPSA) is 77.2 Å². The van der Waals surface area contributed by atoms with E-state index in [-0.39, 0.29) is 23.8 Å².